The summed E-state index contributed by atoms with van der Waals surface area (Å²) in [5, 5.41) is 12.4. The number of rotatable bonds is 14. The first-order chi connectivity index (χ1) is 25.8. The fourth-order valence-corrected chi connectivity index (χ4v) is 9.17. The van der Waals surface area contributed by atoms with Crippen LogP contribution in [0.5, 0.6) is 11.5 Å². The van der Waals surface area contributed by atoms with Crippen LogP contribution in [-0.4, -0.2) is 84.9 Å². The lowest BCUT2D eigenvalue weighted by Gasteiger charge is -2.51. The monoisotopic (exact) mass is 790 g/mol. The number of alkyl halides is 3. The third kappa shape index (κ3) is 8.62. The van der Waals surface area contributed by atoms with Gasteiger partial charge in [0.25, 0.3) is 11.8 Å². The molecule has 1 aromatic carbocycles. The lowest BCUT2D eigenvalue weighted by atomic mass is 9.72. The molecule has 2 aliphatic heterocycles. The van der Waals surface area contributed by atoms with Crippen molar-refractivity contribution in [1.29, 1.82) is 5.26 Å². The smallest absolute Gasteiger partial charge is 0.417 e. The van der Waals surface area contributed by atoms with Crippen molar-refractivity contribution in [3.05, 3.63) is 75.7 Å². The standard InChI is InChI=1S/C38H46F3N4O7PS/c1-5-10-33-37(52-28-23-27(2)54-25-28,14-8-18-45(33)34(46)29-24-43-17-13-30(29)38(39,40)41)35(47)44-19-15-36(26-42,16-20-44)31-11-6-7-12-32(31)51-21-9-22-53(48,49-3)50-4/h6-7,11-13,17,23-25,33H,5,8-10,14-16,18-22H2,1-4H3/t33-,37+/m1/s1. The molecule has 4 heterocycles. The number of hydrogen-bond donors (Lipinski definition) is 0. The Morgan fingerprint density at radius 2 is 1.83 bits per heavy atom. The van der Waals surface area contributed by atoms with Gasteiger partial charge in [-0.15, -0.1) is 11.3 Å². The van der Waals surface area contributed by atoms with Crippen molar-refractivity contribution in [2.24, 2.45) is 0 Å². The number of nitriles is 1. The van der Waals surface area contributed by atoms with Gasteiger partial charge in [0.15, 0.2) is 0 Å². The summed E-state index contributed by atoms with van der Waals surface area (Å²) in [4.78, 5) is 37.0. The Kier molecular flexibility index (Phi) is 13.2. The van der Waals surface area contributed by atoms with Crippen LogP contribution in [0.3, 0.4) is 0 Å². The van der Waals surface area contributed by atoms with Crippen molar-refractivity contribution in [2.45, 2.75) is 82.0 Å². The van der Waals surface area contributed by atoms with Crippen molar-refractivity contribution in [3.63, 3.8) is 0 Å². The maximum absolute atomic E-state index is 15.0. The summed E-state index contributed by atoms with van der Waals surface area (Å²) in [6.45, 7) is 4.51. The fraction of sp³-hybridized carbons (Fsp3) is 0.526. The highest BCUT2D eigenvalue weighted by Crippen LogP contribution is 2.47. The van der Waals surface area contributed by atoms with Crippen LogP contribution in [0.1, 0.15) is 78.2 Å². The Morgan fingerprint density at radius 1 is 1.11 bits per heavy atom. The average molecular weight is 791 g/mol. The molecule has 2 amide bonds. The van der Waals surface area contributed by atoms with Crippen LogP contribution < -0.4 is 9.47 Å². The zero-order valence-electron chi connectivity index (χ0n) is 30.9. The van der Waals surface area contributed by atoms with Gasteiger partial charge in [0.1, 0.15) is 11.5 Å². The van der Waals surface area contributed by atoms with Crippen molar-refractivity contribution >= 4 is 30.7 Å². The number of likely N-dealkylation sites (tertiary alicyclic amines) is 2. The van der Waals surface area contributed by atoms with Gasteiger partial charge in [0.2, 0.25) is 5.60 Å². The van der Waals surface area contributed by atoms with E-state index in [1.165, 1.54) is 30.5 Å². The highest BCUT2D eigenvalue weighted by molar-refractivity contribution is 7.53. The number of thiophene rings is 1. The first kappa shape index (κ1) is 41.2. The highest BCUT2D eigenvalue weighted by atomic mass is 32.1. The van der Waals surface area contributed by atoms with Crippen LogP contribution >= 0.6 is 18.9 Å². The van der Waals surface area contributed by atoms with Crippen LogP contribution in [0.4, 0.5) is 13.2 Å². The number of aromatic nitrogens is 1. The summed E-state index contributed by atoms with van der Waals surface area (Å²) in [5.74, 6) is -0.280. The largest absolute Gasteiger partial charge is 0.493 e. The zero-order chi connectivity index (χ0) is 39.1. The number of carbonyl (C=O) groups excluding carboxylic acids is 2. The summed E-state index contributed by atoms with van der Waals surface area (Å²) in [7, 11) is -0.552. The van der Waals surface area contributed by atoms with Crippen molar-refractivity contribution in [2.75, 3.05) is 46.6 Å². The van der Waals surface area contributed by atoms with E-state index in [0.717, 1.165) is 23.3 Å². The lowest BCUT2D eigenvalue weighted by Crippen LogP contribution is -2.68. The van der Waals surface area contributed by atoms with E-state index >= 15 is 4.79 Å². The molecule has 2 aliphatic rings. The van der Waals surface area contributed by atoms with Gasteiger partial charge in [0.05, 0.1) is 41.4 Å². The number of hydrogen-bond acceptors (Lipinski definition) is 10. The molecule has 0 N–H and O–H groups in total. The molecule has 0 bridgehead atoms. The summed E-state index contributed by atoms with van der Waals surface area (Å²) >= 11 is 1.44. The molecule has 5 rings (SSSR count). The Labute approximate surface area is 317 Å². The van der Waals surface area contributed by atoms with E-state index in [1.54, 1.807) is 22.4 Å². The number of pyridine rings is 1. The molecular formula is C38H46F3N4O7PS. The van der Waals surface area contributed by atoms with Gasteiger partial charge >= 0.3 is 13.8 Å². The molecule has 16 heteroatoms. The number of benzene rings is 1. The predicted octanol–water partition coefficient (Wildman–Crippen LogP) is 8.03. The molecule has 292 valence electrons. The lowest BCUT2D eigenvalue weighted by molar-refractivity contribution is -0.160. The first-order valence-corrected chi connectivity index (χ1v) is 20.6. The van der Waals surface area contributed by atoms with Crippen LogP contribution in [0, 0.1) is 18.3 Å². The van der Waals surface area contributed by atoms with E-state index < -0.39 is 47.9 Å². The van der Waals surface area contributed by atoms with Crippen molar-refractivity contribution in [3.8, 4) is 17.6 Å². The second-order valence-electron chi connectivity index (χ2n) is 13.6. The number of carbonyl (C=O) groups is 2. The molecule has 11 nitrogen and oxygen atoms in total. The van der Waals surface area contributed by atoms with Gasteiger partial charge in [0, 0.05) is 68.5 Å². The summed E-state index contributed by atoms with van der Waals surface area (Å²) in [5.41, 5.74) is -3.59. The second kappa shape index (κ2) is 17.2. The van der Waals surface area contributed by atoms with E-state index in [4.69, 9.17) is 18.5 Å². The third-order valence-corrected chi connectivity index (χ3v) is 13.1. The third-order valence-electron chi connectivity index (χ3n) is 10.3. The molecule has 54 heavy (non-hydrogen) atoms. The summed E-state index contributed by atoms with van der Waals surface area (Å²) < 4.78 is 77.6. The average Bonchev–Trinajstić information content (AvgIpc) is 3.60. The number of amides is 2. The Hall–Kier alpha value is -3.96. The molecule has 0 aliphatic carbocycles. The molecule has 0 saturated carbocycles. The van der Waals surface area contributed by atoms with Crippen molar-refractivity contribution < 1.29 is 45.8 Å². The molecule has 2 fully saturated rings. The SMILES string of the molecule is CCC[C@H]1N(C(=O)c2cnccc2C(F)(F)F)CCC[C@@]1(Oc1csc(C)c1)C(=O)N1CCC(C#N)(c2ccccc2OCCCP(=O)(OC)OC)CC1. The molecule has 0 unspecified atom stereocenters. The fourth-order valence-electron chi connectivity index (χ4n) is 7.54. The van der Waals surface area contributed by atoms with Gasteiger partial charge in [-0.25, -0.2) is 0 Å². The van der Waals surface area contributed by atoms with Crippen LogP contribution in [0.2, 0.25) is 0 Å². The number of para-hydroxylation sites is 1. The van der Waals surface area contributed by atoms with Crippen LogP contribution in [0.25, 0.3) is 0 Å². The maximum atomic E-state index is 15.0. The number of aryl methyl sites for hydroxylation is 1. The second-order valence-corrected chi connectivity index (χ2v) is 17.1. The van der Waals surface area contributed by atoms with Crippen LogP contribution in [-0.2, 0) is 30.0 Å². The highest BCUT2D eigenvalue weighted by Gasteiger charge is 2.56. The topological polar surface area (TPSA) is 131 Å². The number of ether oxygens (including phenoxy) is 2. The first-order valence-electron chi connectivity index (χ1n) is 18.0. The molecule has 2 saturated heterocycles. The summed E-state index contributed by atoms with van der Waals surface area (Å²) in [6, 6.07) is 11.5. The molecule has 0 spiro atoms. The minimum atomic E-state index is -4.79. The number of halogens is 3. The van der Waals surface area contributed by atoms with E-state index in [0.29, 0.717) is 42.7 Å². The van der Waals surface area contributed by atoms with Gasteiger partial charge in [-0.1, -0.05) is 31.5 Å². The normalized spacial score (nSPS) is 20.3. The zero-order valence-corrected chi connectivity index (χ0v) is 32.6. The molecule has 2 atom stereocenters. The molecule has 0 radical (unpaired) electrons. The predicted molar refractivity (Wildman–Crippen MR) is 197 cm³/mol. The Bertz CT molecular complexity index is 1870. The summed E-state index contributed by atoms with van der Waals surface area (Å²) in [6.07, 6.45) is -0.383. The van der Waals surface area contributed by atoms with Crippen molar-refractivity contribution in [1.82, 2.24) is 14.8 Å². The van der Waals surface area contributed by atoms with E-state index in [2.05, 4.69) is 11.1 Å². The van der Waals surface area contributed by atoms with Crippen LogP contribution in [0.15, 0.2) is 54.2 Å². The van der Waals surface area contributed by atoms with Gasteiger partial charge in [-0.05, 0) is 57.2 Å². The molecule has 2 aromatic heterocycles. The van der Waals surface area contributed by atoms with E-state index in [1.807, 2.05) is 32.0 Å². The van der Waals surface area contributed by atoms with Gasteiger partial charge in [-0.2, -0.15) is 18.4 Å². The maximum Gasteiger partial charge on any atom is 0.417 e. The van der Waals surface area contributed by atoms with Gasteiger partial charge in [-0.3, -0.25) is 19.1 Å². The molecular weight excluding hydrogens is 744 g/mol. The van der Waals surface area contributed by atoms with E-state index in [-0.39, 0.29) is 57.6 Å². The minimum Gasteiger partial charge on any atom is -0.493 e. The van der Waals surface area contributed by atoms with E-state index in [9.17, 15) is 27.8 Å². The van der Waals surface area contributed by atoms with Gasteiger partial charge < -0.3 is 28.3 Å². The molecule has 3 aromatic rings. The number of nitrogens with zero attached hydrogens (tertiary/aromatic N) is 4. The Balaban J connectivity index is 1.43. The Morgan fingerprint density at radius 3 is 2.46 bits per heavy atom. The number of piperidine rings is 2. The quantitative estimate of drug-likeness (QED) is 0.118. The minimum absolute atomic E-state index is 0.138.